The van der Waals surface area contributed by atoms with Crippen LogP contribution < -0.4 is 5.32 Å². The zero-order valence-corrected chi connectivity index (χ0v) is 12.5. The van der Waals surface area contributed by atoms with Gasteiger partial charge in [0.1, 0.15) is 5.82 Å². The Balaban J connectivity index is 1.82. The van der Waals surface area contributed by atoms with Gasteiger partial charge in [0.2, 0.25) is 0 Å². The maximum Gasteiger partial charge on any atom is 0.125 e. The second-order valence-electron chi connectivity index (χ2n) is 4.27. The van der Waals surface area contributed by atoms with E-state index in [0.29, 0.717) is 52.8 Å². The molecule has 6 heteroatoms. The van der Waals surface area contributed by atoms with Crippen LogP contribution in [0.15, 0.2) is 24.3 Å². The molecule has 0 saturated heterocycles. The minimum atomic E-state index is -0.248. The van der Waals surface area contributed by atoms with Crippen LogP contribution in [0.3, 0.4) is 0 Å². The minimum Gasteiger partial charge on any atom is -0.383 e. The van der Waals surface area contributed by atoms with Gasteiger partial charge in [0.05, 0.1) is 46.2 Å². The van der Waals surface area contributed by atoms with Gasteiger partial charge in [-0.3, -0.25) is 0 Å². The van der Waals surface area contributed by atoms with Crippen molar-refractivity contribution in [2.24, 2.45) is 0 Å². The number of nitrogens with one attached hydrogen (secondary N) is 1. The molecule has 0 aliphatic heterocycles. The zero-order valence-electron chi connectivity index (χ0n) is 12.5. The summed E-state index contributed by atoms with van der Waals surface area (Å²) < 4.78 is 33.7. The van der Waals surface area contributed by atoms with Crippen LogP contribution in [-0.4, -0.2) is 59.9 Å². The van der Waals surface area contributed by atoms with Crippen LogP contribution in [0.5, 0.6) is 0 Å². The Bertz CT molecular complexity index is 365. The Kier molecular flexibility index (Phi) is 10.6. The quantitative estimate of drug-likeness (QED) is 0.564. The molecule has 0 saturated carbocycles. The number of rotatable bonds is 13. The van der Waals surface area contributed by atoms with E-state index in [1.165, 1.54) is 12.1 Å². The van der Waals surface area contributed by atoms with E-state index in [0.717, 1.165) is 5.69 Å². The van der Waals surface area contributed by atoms with Crippen LogP contribution in [0.25, 0.3) is 0 Å². The second-order valence-corrected chi connectivity index (χ2v) is 4.27. The fourth-order valence-corrected chi connectivity index (χ4v) is 1.55. The lowest BCUT2D eigenvalue weighted by molar-refractivity contribution is 0.00495. The molecule has 0 aromatic heterocycles. The fraction of sp³-hybridized carbons (Fsp3) is 0.600. The van der Waals surface area contributed by atoms with E-state index in [4.69, 9.17) is 18.9 Å². The van der Waals surface area contributed by atoms with Crippen LogP contribution in [0.4, 0.5) is 10.1 Å². The van der Waals surface area contributed by atoms with Crippen LogP contribution >= 0.6 is 0 Å². The van der Waals surface area contributed by atoms with Crippen LogP contribution in [0.2, 0.25) is 0 Å². The second kappa shape index (κ2) is 12.5. The molecule has 0 aliphatic rings. The van der Waals surface area contributed by atoms with Crippen molar-refractivity contribution in [1.82, 2.24) is 0 Å². The lowest BCUT2D eigenvalue weighted by Crippen LogP contribution is -2.14. The van der Waals surface area contributed by atoms with E-state index >= 15 is 0 Å². The third kappa shape index (κ3) is 10.2. The molecule has 0 amide bonds. The van der Waals surface area contributed by atoms with Crippen molar-refractivity contribution in [3.8, 4) is 0 Å². The van der Waals surface area contributed by atoms with E-state index in [2.05, 4.69) is 5.32 Å². The fourth-order valence-electron chi connectivity index (χ4n) is 1.55. The number of ether oxygens (including phenoxy) is 4. The summed E-state index contributed by atoms with van der Waals surface area (Å²) in [5, 5.41) is 3.08. The van der Waals surface area contributed by atoms with Crippen molar-refractivity contribution in [2.75, 3.05) is 65.2 Å². The summed E-state index contributed by atoms with van der Waals surface area (Å²) in [5.41, 5.74) is 0.753. The van der Waals surface area contributed by atoms with Gasteiger partial charge in [0.25, 0.3) is 0 Å². The Morgan fingerprint density at radius 3 is 2.14 bits per heavy atom. The molecule has 1 aromatic rings. The highest BCUT2D eigenvalue weighted by molar-refractivity contribution is 5.42. The number of hydrogen-bond acceptors (Lipinski definition) is 5. The number of anilines is 1. The molecule has 0 unspecified atom stereocenters. The average molecular weight is 301 g/mol. The predicted octanol–water partition coefficient (Wildman–Crippen LogP) is 1.93. The van der Waals surface area contributed by atoms with Gasteiger partial charge in [0, 0.05) is 19.3 Å². The Morgan fingerprint density at radius 2 is 1.52 bits per heavy atom. The third-order valence-corrected chi connectivity index (χ3v) is 2.58. The van der Waals surface area contributed by atoms with Gasteiger partial charge in [-0.15, -0.1) is 0 Å². The van der Waals surface area contributed by atoms with Crippen molar-refractivity contribution < 1.29 is 23.3 Å². The summed E-state index contributed by atoms with van der Waals surface area (Å²) >= 11 is 0. The minimum absolute atomic E-state index is 0.248. The van der Waals surface area contributed by atoms with E-state index < -0.39 is 0 Å². The van der Waals surface area contributed by atoms with Gasteiger partial charge in [0.15, 0.2) is 0 Å². The molecular formula is C15H24FNO4. The molecule has 0 heterocycles. The lowest BCUT2D eigenvalue weighted by Gasteiger charge is -2.08. The molecule has 120 valence electrons. The normalized spacial score (nSPS) is 10.8. The predicted molar refractivity (Wildman–Crippen MR) is 79.2 cm³/mol. The van der Waals surface area contributed by atoms with Gasteiger partial charge in [-0.05, 0) is 18.2 Å². The first-order valence-corrected chi connectivity index (χ1v) is 7.04. The molecule has 0 spiro atoms. The summed E-state index contributed by atoms with van der Waals surface area (Å²) in [4.78, 5) is 0. The van der Waals surface area contributed by atoms with Gasteiger partial charge in [-0.2, -0.15) is 0 Å². The molecule has 0 fully saturated rings. The SMILES string of the molecule is COCCOCCOCCOCCNc1cccc(F)c1. The summed E-state index contributed by atoms with van der Waals surface area (Å²) in [6.45, 7) is 4.53. The maximum atomic E-state index is 12.9. The summed E-state index contributed by atoms with van der Waals surface area (Å²) in [7, 11) is 1.64. The average Bonchev–Trinajstić information content (AvgIpc) is 2.48. The molecule has 0 radical (unpaired) electrons. The molecule has 1 rings (SSSR count). The smallest absolute Gasteiger partial charge is 0.125 e. The number of methoxy groups -OCH3 is 1. The highest BCUT2D eigenvalue weighted by Gasteiger charge is 1.95. The largest absolute Gasteiger partial charge is 0.383 e. The van der Waals surface area contributed by atoms with Gasteiger partial charge >= 0.3 is 0 Å². The third-order valence-electron chi connectivity index (χ3n) is 2.58. The molecule has 21 heavy (non-hydrogen) atoms. The molecule has 5 nitrogen and oxygen atoms in total. The van der Waals surface area contributed by atoms with E-state index in [-0.39, 0.29) is 5.82 Å². The molecule has 0 aliphatic carbocycles. The first-order valence-electron chi connectivity index (χ1n) is 7.04. The first kappa shape index (κ1) is 17.8. The van der Waals surface area contributed by atoms with Crippen molar-refractivity contribution >= 4 is 5.69 Å². The standard InChI is InChI=1S/C15H24FNO4/c1-18-7-8-20-11-12-21-10-9-19-6-5-17-15-4-2-3-14(16)13-15/h2-4,13,17H,5-12H2,1H3. The number of benzene rings is 1. The number of hydrogen-bond donors (Lipinski definition) is 1. The Morgan fingerprint density at radius 1 is 0.905 bits per heavy atom. The van der Waals surface area contributed by atoms with Gasteiger partial charge in [-0.25, -0.2) is 4.39 Å². The van der Waals surface area contributed by atoms with Gasteiger partial charge < -0.3 is 24.3 Å². The molecule has 1 N–H and O–H groups in total. The van der Waals surface area contributed by atoms with Crippen LogP contribution in [0, 0.1) is 5.82 Å². The van der Waals surface area contributed by atoms with E-state index in [9.17, 15) is 4.39 Å². The molecular weight excluding hydrogens is 277 g/mol. The highest BCUT2D eigenvalue weighted by atomic mass is 19.1. The highest BCUT2D eigenvalue weighted by Crippen LogP contribution is 2.08. The van der Waals surface area contributed by atoms with Gasteiger partial charge in [-0.1, -0.05) is 6.07 Å². The molecule has 1 aromatic carbocycles. The molecule has 0 atom stereocenters. The van der Waals surface area contributed by atoms with Crippen molar-refractivity contribution in [3.63, 3.8) is 0 Å². The van der Waals surface area contributed by atoms with Crippen LogP contribution in [-0.2, 0) is 18.9 Å². The Labute approximate surface area is 125 Å². The first-order chi connectivity index (χ1) is 10.3. The summed E-state index contributed by atoms with van der Waals surface area (Å²) in [5.74, 6) is -0.248. The number of halogens is 1. The van der Waals surface area contributed by atoms with Crippen molar-refractivity contribution in [3.05, 3.63) is 30.1 Å². The zero-order chi connectivity index (χ0) is 15.2. The van der Waals surface area contributed by atoms with Crippen molar-refractivity contribution in [1.29, 1.82) is 0 Å². The Hall–Kier alpha value is -1.21. The monoisotopic (exact) mass is 301 g/mol. The summed E-state index contributed by atoms with van der Waals surface area (Å²) in [6.07, 6.45) is 0. The topological polar surface area (TPSA) is 49.0 Å². The van der Waals surface area contributed by atoms with E-state index in [1.54, 1.807) is 13.2 Å². The maximum absolute atomic E-state index is 12.9. The summed E-state index contributed by atoms with van der Waals surface area (Å²) in [6, 6.07) is 6.35. The van der Waals surface area contributed by atoms with Crippen LogP contribution in [0.1, 0.15) is 0 Å². The molecule has 0 bridgehead atoms. The van der Waals surface area contributed by atoms with E-state index in [1.807, 2.05) is 6.07 Å². The van der Waals surface area contributed by atoms with Crippen molar-refractivity contribution in [2.45, 2.75) is 0 Å². The lowest BCUT2D eigenvalue weighted by atomic mass is 10.3.